The number of benzene rings is 1. The first-order valence-corrected chi connectivity index (χ1v) is 10.1. The molecule has 2 atom stereocenters. The van der Waals surface area contributed by atoms with Gasteiger partial charge in [-0.25, -0.2) is 10.2 Å². The number of hydrogen-bond acceptors (Lipinski definition) is 5. The molecule has 0 radical (unpaired) electrons. The van der Waals surface area contributed by atoms with Crippen LogP contribution in [0.5, 0.6) is 0 Å². The molecule has 1 heterocycles. The summed E-state index contributed by atoms with van der Waals surface area (Å²) in [5.41, 5.74) is 10.0. The molecule has 0 bridgehead atoms. The molecule has 1 aromatic heterocycles. The van der Waals surface area contributed by atoms with E-state index in [1.165, 1.54) is 0 Å². The van der Waals surface area contributed by atoms with Gasteiger partial charge >= 0.3 is 6.03 Å². The van der Waals surface area contributed by atoms with E-state index in [9.17, 15) is 24.0 Å². The molecule has 172 valence electrons. The quantitative estimate of drug-likeness (QED) is 0.273. The molecule has 11 nitrogen and oxygen atoms in total. The number of amides is 5. The molecule has 0 unspecified atom stereocenters. The predicted octanol–water partition coefficient (Wildman–Crippen LogP) is 0.0961. The Bertz CT molecular complexity index is 1020. The molecule has 0 spiro atoms. The molecule has 1 aromatic carbocycles. The van der Waals surface area contributed by atoms with Gasteiger partial charge in [-0.2, -0.15) is 0 Å². The lowest BCUT2D eigenvalue weighted by Crippen LogP contribution is -2.52. The molecule has 0 aliphatic heterocycles. The van der Waals surface area contributed by atoms with E-state index >= 15 is 0 Å². The summed E-state index contributed by atoms with van der Waals surface area (Å²) in [5.74, 6) is -1.69. The van der Waals surface area contributed by atoms with E-state index in [-0.39, 0.29) is 5.92 Å². The zero-order valence-electron chi connectivity index (χ0n) is 18.2. The highest BCUT2D eigenvalue weighted by Crippen LogP contribution is 2.18. The first-order chi connectivity index (χ1) is 15.1. The van der Waals surface area contributed by atoms with Gasteiger partial charge < -0.3 is 25.7 Å². The lowest BCUT2D eigenvalue weighted by atomic mass is 10.0. The first kappa shape index (κ1) is 24.4. The van der Waals surface area contributed by atoms with Crippen molar-refractivity contribution in [3.05, 3.63) is 36.0 Å². The fourth-order valence-electron chi connectivity index (χ4n) is 3.24. The average molecular weight is 444 g/mol. The largest absolute Gasteiger partial charge is 0.350 e. The summed E-state index contributed by atoms with van der Waals surface area (Å²) >= 11 is 0. The van der Waals surface area contributed by atoms with E-state index in [2.05, 4.69) is 10.6 Å². The summed E-state index contributed by atoms with van der Waals surface area (Å²) < 4.78 is 1.74. The number of nitrogens with one attached hydrogen (secondary N) is 4. The van der Waals surface area contributed by atoms with E-state index in [4.69, 9.17) is 5.73 Å². The van der Waals surface area contributed by atoms with Gasteiger partial charge in [0.15, 0.2) is 0 Å². The molecule has 6 N–H and O–H groups in total. The monoisotopic (exact) mass is 444 g/mol. The van der Waals surface area contributed by atoms with Crippen LogP contribution in [0.3, 0.4) is 0 Å². The van der Waals surface area contributed by atoms with Crippen molar-refractivity contribution in [1.82, 2.24) is 26.1 Å². The van der Waals surface area contributed by atoms with Gasteiger partial charge in [0, 0.05) is 18.0 Å². The van der Waals surface area contributed by atoms with Crippen LogP contribution in [0, 0.1) is 5.92 Å². The van der Waals surface area contributed by atoms with Crippen molar-refractivity contribution >= 4 is 40.9 Å². The van der Waals surface area contributed by atoms with Crippen LogP contribution in [-0.2, 0) is 21.4 Å². The molecule has 11 heteroatoms. The Morgan fingerprint density at radius 1 is 1.09 bits per heavy atom. The number of fused-ring (bicyclic) bond motifs is 1. The smallest absolute Gasteiger partial charge is 0.330 e. The fraction of sp³-hybridized carbons (Fsp3) is 0.381. The summed E-state index contributed by atoms with van der Waals surface area (Å²) in [6.07, 6.45) is 0.309. The molecular formula is C21H28N6O5. The zero-order valence-corrected chi connectivity index (χ0v) is 18.2. The highest BCUT2D eigenvalue weighted by molar-refractivity contribution is 6.01. The van der Waals surface area contributed by atoms with E-state index in [1.54, 1.807) is 17.7 Å². The summed E-state index contributed by atoms with van der Waals surface area (Å²) in [7, 11) is 1.76. The number of aldehydes is 1. The Kier molecular flexibility index (Phi) is 8.33. The van der Waals surface area contributed by atoms with Crippen molar-refractivity contribution in [2.45, 2.75) is 38.8 Å². The van der Waals surface area contributed by atoms with Crippen LogP contribution in [0.4, 0.5) is 4.79 Å². The summed E-state index contributed by atoms with van der Waals surface area (Å²) in [5, 5.41) is 6.07. The molecule has 0 saturated carbocycles. The molecule has 32 heavy (non-hydrogen) atoms. The minimum Gasteiger partial charge on any atom is -0.350 e. The molecule has 2 aromatic rings. The molecule has 0 saturated heterocycles. The second-order valence-electron chi connectivity index (χ2n) is 7.80. The number of nitrogens with two attached hydrogens (primary N) is 1. The first-order valence-electron chi connectivity index (χ1n) is 10.1. The van der Waals surface area contributed by atoms with Crippen molar-refractivity contribution in [1.29, 1.82) is 0 Å². The number of para-hydroxylation sites is 1. The Morgan fingerprint density at radius 3 is 2.38 bits per heavy atom. The maximum atomic E-state index is 12.9. The average Bonchev–Trinajstić information content (AvgIpc) is 3.07. The molecule has 2 rings (SSSR count). The zero-order chi connectivity index (χ0) is 23.8. The van der Waals surface area contributed by atoms with Crippen LogP contribution < -0.4 is 27.2 Å². The van der Waals surface area contributed by atoms with Crippen LogP contribution in [-0.4, -0.2) is 46.7 Å². The number of urea groups is 1. The predicted molar refractivity (Wildman–Crippen MR) is 117 cm³/mol. The van der Waals surface area contributed by atoms with Gasteiger partial charge in [-0.3, -0.25) is 19.8 Å². The molecule has 5 amide bonds. The van der Waals surface area contributed by atoms with Crippen molar-refractivity contribution in [3.8, 4) is 0 Å². The number of aromatic nitrogens is 1. The third kappa shape index (κ3) is 6.56. The van der Waals surface area contributed by atoms with Gasteiger partial charge in [-0.1, -0.05) is 32.0 Å². The number of primary amides is 1. The third-order valence-electron chi connectivity index (χ3n) is 4.74. The molecule has 0 aliphatic carbocycles. The number of carbonyl (C=O) groups is 5. The Balaban J connectivity index is 2.10. The molecule has 0 aliphatic rings. The maximum absolute atomic E-state index is 12.9. The van der Waals surface area contributed by atoms with E-state index in [0.29, 0.717) is 18.4 Å². The summed E-state index contributed by atoms with van der Waals surface area (Å²) in [4.78, 5) is 59.5. The number of carbonyl (C=O) groups excluding carboxylic acids is 5. The number of aryl methyl sites for hydroxylation is 1. The van der Waals surface area contributed by atoms with Crippen LogP contribution in [0.15, 0.2) is 30.3 Å². The fourth-order valence-corrected chi connectivity index (χ4v) is 3.24. The van der Waals surface area contributed by atoms with Gasteiger partial charge in [0.1, 0.15) is 18.0 Å². The van der Waals surface area contributed by atoms with Crippen molar-refractivity contribution in [2.24, 2.45) is 18.7 Å². The topological polar surface area (TPSA) is 164 Å². The van der Waals surface area contributed by atoms with Crippen LogP contribution in [0.25, 0.3) is 10.9 Å². The standard InChI is InChI=1S/C21H28N6O5/c1-12(2)8-15(19(30)23-14(11-28)10-18(29)25-26-21(22)32)24-20(31)17-9-13-6-4-5-7-16(13)27(17)3/h4-7,9,11-12,14-15H,8,10H2,1-3H3,(H,23,30)(H,24,31)(H,25,29)(H3,22,26,32)/t14-,15-/m0/s1. The minimum absolute atomic E-state index is 0.0660. The number of nitrogens with zero attached hydrogens (tertiary/aromatic N) is 1. The maximum Gasteiger partial charge on any atom is 0.330 e. The molecule has 0 fully saturated rings. The van der Waals surface area contributed by atoms with E-state index in [0.717, 1.165) is 10.9 Å². The van der Waals surface area contributed by atoms with Crippen LogP contribution in [0.1, 0.15) is 37.2 Å². The summed E-state index contributed by atoms with van der Waals surface area (Å²) in [6.45, 7) is 3.78. The normalized spacial score (nSPS) is 12.6. The number of hydrazine groups is 1. The minimum atomic E-state index is -1.15. The Morgan fingerprint density at radius 2 is 1.78 bits per heavy atom. The van der Waals surface area contributed by atoms with Gasteiger partial charge in [-0.05, 0) is 24.5 Å². The lowest BCUT2D eigenvalue weighted by molar-refractivity contribution is -0.128. The second kappa shape index (κ2) is 10.9. The highest BCUT2D eigenvalue weighted by atomic mass is 16.2. The molecular weight excluding hydrogens is 416 g/mol. The van der Waals surface area contributed by atoms with E-state index < -0.39 is 42.3 Å². The third-order valence-corrected chi connectivity index (χ3v) is 4.74. The Labute approximate surface area is 185 Å². The van der Waals surface area contributed by atoms with Gasteiger partial charge in [-0.15, -0.1) is 0 Å². The van der Waals surface area contributed by atoms with Gasteiger partial charge in [0.25, 0.3) is 5.91 Å². The van der Waals surface area contributed by atoms with Crippen LogP contribution in [0.2, 0.25) is 0 Å². The van der Waals surface area contributed by atoms with Gasteiger partial charge in [0.05, 0.1) is 12.5 Å². The summed E-state index contributed by atoms with van der Waals surface area (Å²) in [6, 6.07) is 6.20. The Hall–Kier alpha value is -3.89. The second-order valence-corrected chi connectivity index (χ2v) is 7.80. The number of hydrogen-bond donors (Lipinski definition) is 5. The highest BCUT2D eigenvalue weighted by Gasteiger charge is 2.26. The SMILES string of the molecule is CC(C)C[C@H](NC(=O)c1cc2ccccc2n1C)C(=O)N[C@H](C=O)CC(=O)NNC(N)=O. The van der Waals surface area contributed by atoms with Crippen LogP contribution >= 0.6 is 0 Å². The van der Waals surface area contributed by atoms with E-state index in [1.807, 2.05) is 49.0 Å². The van der Waals surface area contributed by atoms with Crippen molar-refractivity contribution in [2.75, 3.05) is 0 Å². The van der Waals surface area contributed by atoms with Crippen molar-refractivity contribution < 1.29 is 24.0 Å². The van der Waals surface area contributed by atoms with Crippen molar-refractivity contribution in [3.63, 3.8) is 0 Å². The lowest BCUT2D eigenvalue weighted by Gasteiger charge is -2.22. The number of rotatable bonds is 9. The van der Waals surface area contributed by atoms with Gasteiger partial charge in [0.2, 0.25) is 11.8 Å².